The Kier molecular flexibility index (Phi) is 10.3. The average molecular weight is 285 g/mol. The SMILES string of the molecule is CN(C)C(CCO)OC1CCCCCCCCCCC1. The minimum Gasteiger partial charge on any atom is -0.396 e. The van der Waals surface area contributed by atoms with Gasteiger partial charge in [0.05, 0.1) is 6.10 Å². The van der Waals surface area contributed by atoms with Gasteiger partial charge in [0.1, 0.15) is 6.23 Å². The van der Waals surface area contributed by atoms with Gasteiger partial charge < -0.3 is 9.84 Å². The fourth-order valence-electron chi connectivity index (χ4n) is 3.04. The molecule has 1 N–H and O–H groups in total. The maximum atomic E-state index is 9.16. The lowest BCUT2D eigenvalue weighted by atomic mass is 9.99. The standard InChI is InChI=1S/C17H35NO2/c1-18(2)17(14-15-19)20-16-12-10-8-6-4-3-5-7-9-11-13-16/h16-17,19H,3-15H2,1-2H3. The van der Waals surface area contributed by atoms with Crippen LogP contribution in [0.2, 0.25) is 0 Å². The first-order valence-corrected chi connectivity index (χ1v) is 8.67. The molecule has 120 valence electrons. The Morgan fingerprint density at radius 3 is 1.75 bits per heavy atom. The zero-order chi connectivity index (χ0) is 14.6. The van der Waals surface area contributed by atoms with E-state index in [-0.39, 0.29) is 12.8 Å². The average Bonchev–Trinajstić information content (AvgIpc) is 2.40. The van der Waals surface area contributed by atoms with Crippen molar-refractivity contribution in [2.75, 3.05) is 20.7 Å². The van der Waals surface area contributed by atoms with E-state index in [9.17, 15) is 0 Å². The van der Waals surface area contributed by atoms with E-state index in [1.807, 2.05) is 14.1 Å². The Labute approximate surface area is 125 Å². The van der Waals surface area contributed by atoms with Gasteiger partial charge >= 0.3 is 0 Å². The normalized spacial score (nSPS) is 22.2. The third-order valence-electron chi connectivity index (χ3n) is 4.35. The van der Waals surface area contributed by atoms with Crippen molar-refractivity contribution in [1.29, 1.82) is 0 Å². The van der Waals surface area contributed by atoms with E-state index < -0.39 is 0 Å². The van der Waals surface area contributed by atoms with Gasteiger partial charge in [-0.3, -0.25) is 4.90 Å². The molecule has 0 aromatic heterocycles. The molecule has 3 heteroatoms. The predicted molar refractivity (Wildman–Crippen MR) is 84.8 cm³/mol. The summed E-state index contributed by atoms with van der Waals surface area (Å²) in [7, 11) is 4.07. The van der Waals surface area contributed by atoms with Crippen LogP contribution in [0.4, 0.5) is 0 Å². The first-order valence-electron chi connectivity index (χ1n) is 8.67. The molecule has 1 saturated carbocycles. The van der Waals surface area contributed by atoms with Gasteiger partial charge in [-0.1, -0.05) is 57.8 Å². The van der Waals surface area contributed by atoms with Crippen molar-refractivity contribution in [3.05, 3.63) is 0 Å². The lowest BCUT2D eigenvalue weighted by Gasteiger charge is -2.29. The van der Waals surface area contributed by atoms with Crippen molar-refractivity contribution in [3.63, 3.8) is 0 Å². The summed E-state index contributed by atoms with van der Waals surface area (Å²) < 4.78 is 6.26. The molecule has 0 saturated heterocycles. The molecular formula is C17H35NO2. The van der Waals surface area contributed by atoms with Gasteiger partial charge in [-0.15, -0.1) is 0 Å². The van der Waals surface area contributed by atoms with E-state index in [4.69, 9.17) is 9.84 Å². The second-order valence-corrected chi connectivity index (χ2v) is 6.45. The summed E-state index contributed by atoms with van der Waals surface area (Å²) in [6.45, 7) is 0.204. The molecule has 0 spiro atoms. The van der Waals surface area contributed by atoms with Crippen LogP contribution >= 0.6 is 0 Å². The van der Waals surface area contributed by atoms with Gasteiger partial charge in [0.15, 0.2) is 0 Å². The quantitative estimate of drug-likeness (QED) is 0.776. The van der Waals surface area contributed by atoms with Gasteiger partial charge in [0.2, 0.25) is 0 Å². The van der Waals surface area contributed by atoms with E-state index in [2.05, 4.69) is 4.90 Å². The molecule has 1 rings (SSSR count). The maximum Gasteiger partial charge on any atom is 0.112 e. The Balaban J connectivity index is 2.40. The smallest absolute Gasteiger partial charge is 0.112 e. The zero-order valence-corrected chi connectivity index (χ0v) is 13.6. The topological polar surface area (TPSA) is 32.7 Å². The third kappa shape index (κ3) is 8.23. The van der Waals surface area contributed by atoms with E-state index in [1.54, 1.807) is 0 Å². The van der Waals surface area contributed by atoms with E-state index >= 15 is 0 Å². The summed E-state index contributed by atoms with van der Waals surface area (Å²) in [5.41, 5.74) is 0. The van der Waals surface area contributed by atoms with Crippen molar-refractivity contribution < 1.29 is 9.84 Å². The monoisotopic (exact) mass is 285 g/mol. The first-order chi connectivity index (χ1) is 9.74. The molecule has 0 radical (unpaired) electrons. The second kappa shape index (κ2) is 11.5. The molecular weight excluding hydrogens is 250 g/mol. The molecule has 0 aromatic rings. The molecule has 0 aliphatic heterocycles. The number of nitrogens with zero attached hydrogens (tertiary/aromatic N) is 1. The molecule has 1 unspecified atom stereocenters. The Morgan fingerprint density at radius 2 is 1.35 bits per heavy atom. The number of aliphatic hydroxyl groups is 1. The van der Waals surface area contributed by atoms with Crippen molar-refractivity contribution in [2.24, 2.45) is 0 Å². The molecule has 0 heterocycles. The van der Waals surface area contributed by atoms with E-state index in [0.29, 0.717) is 12.5 Å². The van der Waals surface area contributed by atoms with Crippen molar-refractivity contribution >= 4 is 0 Å². The second-order valence-electron chi connectivity index (χ2n) is 6.45. The highest BCUT2D eigenvalue weighted by Crippen LogP contribution is 2.20. The van der Waals surface area contributed by atoms with Gasteiger partial charge in [-0.05, 0) is 26.9 Å². The number of ether oxygens (including phenoxy) is 1. The highest BCUT2D eigenvalue weighted by molar-refractivity contribution is 4.65. The van der Waals surface area contributed by atoms with Crippen molar-refractivity contribution in [1.82, 2.24) is 4.90 Å². The summed E-state index contributed by atoms with van der Waals surface area (Å²) in [5, 5.41) is 9.16. The Morgan fingerprint density at radius 1 is 0.900 bits per heavy atom. The van der Waals surface area contributed by atoms with Crippen LogP contribution < -0.4 is 0 Å². The molecule has 3 nitrogen and oxygen atoms in total. The number of hydrogen-bond donors (Lipinski definition) is 1. The fourth-order valence-corrected chi connectivity index (χ4v) is 3.04. The lowest BCUT2D eigenvalue weighted by Crippen LogP contribution is -2.35. The van der Waals surface area contributed by atoms with Crippen LogP contribution in [0, 0.1) is 0 Å². The third-order valence-corrected chi connectivity index (χ3v) is 4.35. The first kappa shape index (κ1) is 17.9. The Hall–Kier alpha value is -0.120. The molecule has 0 aromatic carbocycles. The summed E-state index contributed by atoms with van der Waals surface area (Å²) >= 11 is 0. The van der Waals surface area contributed by atoms with Crippen LogP contribution in [0.3, 0.4) is 0 Å². The van der Waals surface area contributed by atoms with Gasteiger partial charge in [-0.25, -0.2) is 0 Å². The number of rotatable bonds is 5. The summed E-state index contributed by atoms with van der Waals surface area (Å²) in [6, 6.07) is 0. The van der Waals surface area contributed by atoms with Crippen molar-refractivity contribution in [2.45, 2.75) is 89.4 Å². The minimum absolute atomic E-state index is 0.0675. The van der Waals surface area contributed by atoms with Crippen LogP contribution in [0.15, 0.2) is 0 Å². The van der Waals surface area contributed by atoms with Crippen LogP contribution in [0.5, 0.6) is 0 Å². The predicted octanol–water partition coefficient (Wildman–Crippen LogP) is 3.95. The molecule has 0 amide bonds. The van der Waals surface area contributed by atoms with Crippen LogP contribution in [-0.2, 0) is 4.74 Å². The van der Waals surface area contributed by atoms with Crippen molar-refractivity contribution in [3.8, 4) is 0 Å². The summed E-state index contributed by atoms with van der Waals surface area (Å²) in [4.78, 5) is 2.09. The summed E-state index contributed by atoms with van der Waals surface area (Å²) in [6.07, 6.45) is 15.9. The minimum atomic E-state index is 0.0675. The van der Waals surface area contributed by atoms with Crippen LogP contribution in [0.25, 0.3) is 0 Å². The fraction of sp³-hybridized carbons (Fsp3) is 1.00. The highest BCUT2D eigenvalue weighted by atomic mass is 16.5. The van der Waals surface area contributed by atoms with Crippen LogP contribution in [0.1, 0.15) is 77.0 Å². The van der Waals surface area contributed by atoms with Gasteiger partial charge in [-0.2, -0.15) is 0 Å². The zero-order valence-electron chi connectivity index (χ0n) is 13.6. The van der Waals surface area contributed by atoms with Gasteiger partial charge in [0.25, 0.3) is 0 Å². The molecule has 1 fully saturated rings. The molecule has 1 atom stereocenters. The van der Waals surface area contributed by atoms with E-state index in [0.717, 1.165) is 0 Å². The number of hydrogen-bond acceptors (Lipinski definition) is 3. The molecule has 1 aliphatic rings. The summed E-state index contributed by atoms with van der Waals surface area (Å²) in [5.74, 6) is 0. The van der Waals surface area contributed by atoms with Gasteiger partial charge in [0, 0.05) is 13.0 Å². The Bertz CT molecular complexity index is 209. The maximum absolute atomic E-state index is 9.16. The molecule has 0 bridgehead atoms. The van der Waals surface area contributed by atoms with Crippen LogP contribution in [-0.4, -0.2) is 43.0 Å². The highest BCUT2D eigenvalue weighted by Gasteiger charge is 2.18. The lowest BCUT2D eigenvalue weighted by molar-refractivity contribution is -0.0970. The molecule has 20 heavy (non-hydrogen) atoms. The van der Waals surface area contributed by atoms with E-state index in [1.165, 1.54) is 70.6 Å². The molecule has 1 aliphatic carbocycles. The largest absolute Gasteiger partial charge is 0.396 e. The number of aliphatic hydroxyl groups excluding tert-OH is 1.